The van der Waals surface area contributed by atoms with Crippen LogP contribution in [0.25, 0.3) is 10.8 Å². The molecule has 0 heterocycles. The Balaban J connectivity index is 2.44. The highest BCUT2D eigenvalue weighted by atomic mass is 16.5. The number of carbonyl (C=O) groups excluding carboxylic acids is 1. The van der Waals surface area contributed by atoms with E-state index in [9.17, 15) is 9.90 Å². The first-order valence-electron chi connectivity index (χ1n) is 5.42. The lowest BCUT2D eigenvalue weighted by Gasteiger charge is -2.10. The molecule has 0 unspecified atom stereocenters. The van der Waals surface area contributed by atoms with Gasteiger partial charge in [-0.05, 0) is 35.4 Å². The summed E-state index contributed by atoms with van der Waals surface area (Å²) in [6.45, 7) is 1.81. The maximum Gasteiger partial charge on any atom is 0.312 e. The van der Waals surface area contributed by atoms with Gasteiger partial charge >= 0.3 is 5.97 Å². The molecule has 0 aliphatic rings. The number of ether oxygens (including phenoxy) is 1. The fraction of sp³-hybridized carbons (Fsp3) is 0.214. The second-order valence-electron chi connectivity index (χ2n) is 4.04. The van der Waals surface area contributed by atoms with Crippen LogP contribution in [0.2, 0.25) is 0 Å². The van der Waals surface area contributed by atoms with E-state index >= 15 is 0 Å². The Morgan fingerprint density at radius 3 is 2.53 bits per heavy atom. The normalized spacial score (nSPS) is 12.4. The lowest BCUT2D eigenvalue weighted by atomic mass is 9.98. The summed E-state index contributed by atoms with van der Waals surface area (Å²) in [4.78, 5) is 11.4. The molecule has 3 nitrogen and oxygen atoms in total. The molecule has 2 rings (SSSR count). The highest BCUT2D eigenvalue weighted by Crippen LogP contribution is 2.25. The molecule has 0 aromatic heterocycles. The zero-order chi connectivity index (χ0) is 12.4. The smallest absolute Gasteiger partial charge is 0.312 e. The molecule has 0 saturated carbocycles. The largest absolute Gasteiger partial charge is 0.508 e. The molecule has 0 spiro atoms. The Bertz CT molecular complexity index is 560. The number of esters is 1. The van der Waals surface area contributed by atoms with Gasteiger partial charge in [-0.3, -0.25) is 4.79 Å². The summed E-state index contributed by atoms with van der Waals surface area (Å²) >= 11 is 0. The standard InChI is InChI=1S/C14H14O3/c1-9(14(16)17-2)10-3-4-12-8-13(15)6-5-11(12)7-10/h3-9,15H,1-2H3/t9-/m0/s1. The average molecular weight is 230 g/mol. The fourth-order valence-electron chi connectivity index (χ4n) is 1.83. The number of phenols is 1. The third-order valence-corrected chi connectivity index (χ3v) is 2.90. The number of rotatable bonds is 2. The van der Waals surface area contributed by atoms with Crippen molar-refractivity contribution in [3.05, 3.63) is 42.0 Å². The summed E-state index contributed by atoms with van der Waals surface area (Å²) in [5.74, 6) is -0.285. The highest BCUT2D eigenvalue weighted by molar-refractivity contribution is 5.86. The van der Waals surface area contributed by atoms with Crippen molar-refractivity contribution in [1.29, 1.82) is 0 Å². The van der Waals surface area contributed by atoms with E-state index in [1.165, 1.54) is 7.11 Å². The first-order chi connectivity index (χ1) is 8.11. The van der Waals surface area contributed by atoms with E-state index in [4.69, 9.17) is 4.74 Å². The Morgan fingerprint density at radius 1 is 1.18 bits per heavy atom. The number of fused-ring (bicyclic) bond motifs is 1. The lowest BCUT2D eigenvalue weighted by molar-refractivity contribution is -0.141. The van der Waals surface area contributed by atoms with Crippen LogP contribution in [0.15, 0.2) is 36.4 Å². The van der Waals surface area contributed by atoms with Crippen molar-refractivity contribution < 1.29 is 14.6 Å². The molecule has 1 atom stereocenters. The van der Waals surface area contributed by atoms with E-state index in [-0.39, 0.29) is 17.6 Å². The first kappa shape index (κ1) is 11.5. The van der Waals surface area contributed by atoms with Crippen molar-refractivity contribution in [2.24, 2.45) is 0 Å². The predicted molar refractivity (Wildman–Crippen MR) is 66.0 cm³/mol. The van der Waals surface area contributed by atoms with Crippen LogP contribution in [0.3, 0.4) is 0 Å². The van der Waals surface area contributed by atoms with Gasteiger partial charge < -0.3 is 9.84 Å². The minimum Gasteiger partial charge on any atom is -0.508 e. The topological polar surface area (TPSA) is 46.5 Å². The molecule has 2 aromatic rings. The van der Waals surface area contributed by atoms with Crippen LogP contribution in [0, 0.1) is 0 Å². The van der Waals surface area contributed by atoms with Gasteiger partial charge in [0.05, 0.1) is 13.0 Å². The zero-order valence-electron chi connectivity index (χ0n) is 9.81. The number of hydrogen-bond acceptors (Lipinski definition) is 3. The van der Waals surface area contributed by atoms with Gasteiger partial charge in [0.2, 0.25) is 0 Å². The summed E-state index contributed by atoms with van der Waals surface area (Å²) < 4.78 is 4.72. The van der Waals surface area contributed by atoms with E-state index in [0.717, 1.165) is 16.3 Å². The summed E-state index contributed by atoms with van der Waals surface area (Å²) in [5, 5.41) is 11.3. The molecular weight excluding hydrogens is 216 g/mol. The molecule has 3 heteroatoms. The average Bonchev–Trinajstić information content (AvgIpc) is 2.36. The summed E-state index contributed by atoms with van der Waals surface area (Å²) in [6.07, 6.45) is 0. The maximum atomic E-state index is 11.4. The third-order valence-electron chi connectivity index (χ3n) is 2.90. The SMILES string of the molecule is COC(=O)[C@@H](C)c1ccc2cc(O)ccc2c1. The molecule has 0 fully saturated rings. The van der Waals surface area contributed by atoms with Crippen molar-refractivity contribution in [2.75, 3.05) is 7.11 Å². The van der Waals surface area contributed by atoms with E-state index in [1.807, 2.05) is 31.2 Å². The van der Waals surface area contributed by atoms with E-state index in [0.29, 0.717) is 0 Å². The monoisotopic (exact) mass is 230 g/mol. The van der Waals surface area contributed by atoms with Gasteiger partial charge in [-0.2, -0.15) is 0 Å². The fourth-order valence-corrected chi connectivity index (χ4v) is 1.83. The van der Waals surface area contributed by atoms with Gasteiger partial charge in [0.15, 0.2) is 0 Å². The highest BCUT2D eigenvalue weighted by Gasteiger charge is 2.15. The first-order valence-corrected chi connectivity index (χ1v) is 5.42. The van der Waals surface area contributed by atoms with Gasteiger partial charge in [-0.15, -0.1) is 0 Å². The van der Waals surface area contributed by atoms with Crippen LogP contribution >= 0.6 is 0 Å². The number of phenolic OH excluding ortho intramolecular Hbond substituents is 1. The summed E-state index contributed by atoms with van der Waals surface area (Å²) in [7, 11) is 1.39. The number of benzene rings is 2. The molecule has 1 N–H and O–H groups in total. The van der Waals surface area contributed by atoms with Gasteiger partial charge in [-0.25, -0.2) is 0 Å². The van der Waals surface area contributed by atoms with Crippen LogP contribution in [-0.4, -0.2) is 18.2 Å². The molecular formula is C14H14O3. The summed E-state index contributed by atoms with van der Waals surface area (Å²) in [5.41, 5.74) is 0.912. The molecule has 0 aliphatic heterocycles. The van der Waals surface area contributed by atoms with Crippen molar-refractivity contribution in [3.8, 4) is 5.75 Å². The molecule has 0 saturated heterocycles. The van der Waals surface area contributed by atoms with E-state index in [2.05, 4.69) is 0 Å². The number of carbonyl (C=O) groups is 1. The lowest BCUT2D eigenvalue weighted by Crippen LogP contribution is -2.10. The minimum atomic E-state index is -0.279. The number of hydrogen-bond donors (Lipinski definition) is 1. The Hall–Kier alpha value is -2.03. The van der Waals surface area contributed by atoms with Crippen molar-refractivity contribution in [3.63, 3.8) is 0 Å². The predicted octanol–water partition coefficient (Wildman–Crippen LogP) is 2.82. The third kappa shape index (κ3) is 2.23. The molecule has 17 heavy (non-hydrogen) atoms. The van der Waals surface area contributed by atoms with Crippen LogP contribution in [0.4, 0.5) is 0 Å². The quantitative estimate of drug-likeness (QED) is 0.807. The van der Waals surface area contributed by atoms with Gasteiger partial charge in [0, 0.05) is 0 Å². The number of methoxy groups -OCH3 is 1. The van der Waals surface area contributed by atoms with Crippen molar-refractivity contribution >= 4 is 16.7 Å². The van der Waals surface area contributed by atoms with Crippen LogP contribution in [-0.2, 0) is 9.53 Å². The maximum absolute atomic E-state index is 11.4. The van der Waals surface area contributed by atoms with Crippen LogP contribution in [0.1, 0.15) is 18.4 Å². The van der Waals surface area contributed by atoms with Gasteiger partial charge in [-0.1, -0.05) is 24.3 Å². The second-order valence-corrected chi connectivity index (χ2v) is 4.04. The minimum absolute atomic E-state index is 0.242. The van der Waals surface area contributed by atoms with Gasteiger partial charge in [0.1, 0.15) is 5.75 Å². The molecule has 2 aromatic carbocycles. The zero-order valence-corrected chi connectivity index (χ0v) is 9.81. The summed E-state index contributed by atoms with van der Waals surface area (Å²) in [6, 6.07) is 10.9. The van der Waals surface area contributed by atoms with E-state index < -0.39 is 0 Å². The molecule has 0 aliphatic carbocycles. The second kappa shape index (κ2) is 4.45. The molecule has 88 valence electrons. The van der Waals surface area contributed by atoms with Crippen LogP contribution in [0.5, 0.6) is 5.75 Å². The Kier molecular flexibility index (Phi) is 3.00. The van der Waals surface area contributed by atoms with Crippen LogP contribution < -0.4 is 0 Å². The van der Waals surface area contributed by atoms with Crippen molar-refractivity contribution in [1.82, 2.24) is 0 Å². The Morgan fingerprint density at radius 2 is 1.82 bits per heavy atom. The van der Waals surface area contributed by atoms with Gasteiger partial charge in [0.25, 0.3) is 0 Å². The van der Waals surface area contributed by atoms with E-state index in [1.54, 1.807) is 12.1 Å². The molecule has 0 bridgehead atoms. The molecule has 0 radical (unpaired) electrons. The number of aromatic hydroxyl groups is 1. The molecule has 0 amide bonds. The van der Waals surface area contributed by atoms with Crippen molar-refractivity contribution in [2.45, 2.75) is 12.8 Å². The Labute approximate surface area is 99.6 Å².